The summed E-state index contributed by atoms with van der Waals surface area (Å²) < 4.78 is 34.1. The van der Waals surface area contributed by atoms with E-state index in [1.807, 2.05) is 7.05 Å². The first-order valence-electron chi connectivity index (χ1n) is 6.91. The molecule has 21 heavy (non-hydrogen) atoms. The molecule has 2 saturated heterocycles. The van der Waals surface area contributed by atoms with Crippen LogP contribution in [0.25, 0.3) is 0 Å². The molecule has 2 fully saturated rings. The minimum Gasteiger partial charge on any atom is -0.375 e. The highest BCUT2D eigenvalue weighted by Crippen LogP contribution is 2.29. The van der Waals surface area contributed by atoms with E-state index >= 15 is 0 Å². The average molecular weight is 335 g/mol. The summed E-state index contributed by atoms with van der Waals surface area (Å²) in [5.41, 5.74) is 0. The number of fused-ring (bicyclic) bond motifs is 1. The second-order valence-corrected chi connectivity index (χ2v) is 7.79. The lowest BCUT2D eigenvalue weighted by Crippen LogP contribution is -2.59. The summed E-state index contributed by atoms with van der Waals surface area (Å²) in [5.74, 6) is 0. The molecule has 0 unspecified atom stereocenters. The summed E-state index contributed by atoms with van der Waals surface area (Å²) in [6.07, 6.45) is 2.16. The molecule has 0 aromatic carbocycles. The van der Waals surface area contributed by atoms with Gasteiger partial charge in [0.05, 0.1) is 23.9 Å². The van der Waals surface area contributed by atoms with Gasteiger partial charge in [-0.25, -0.2) is 8.42 Å². The van der Waals surface area contributed by atoms with E-state index in [2.05, 4.69) is 10.00 Å². The molecule has 118 valence electrons. The molecule has 0 aliphatic carbocycles. The van der Waals surface area contributed by atoms with Gasteiger partial charge in [-0.05, 0) is 13.5 Å². The Morgan fingerprint density at radius 2 is 2.14 bits per heavy atom. The van der Waals surface area contributed by atoms with Gasteiger partial charge in [-0.15, -0.1) is 0 Å². The first-order chi connectivity index (χ1) is 9.91. The highest BCUT2D eigenvalue weighted by atomic mass is 35.5. The number of piperidine rings is 1. The zero-order valence-corrected chi connectivity index (χ0v) is 13.6. The number of aromatic nitrogens is 2. The van der Waals surface area contributed by atoms with E-state index in [0.717, 1.165) is 6.54 Å². The topological polar surface area (TPSA) is 67.7 Å². The van der Waals surface area contributed by atoms with Crippen molar-refractivity contribution in [2.75, 3.05) is 33.3 Å². The number of hydrogen-bond donors (Lipinski definition) is 0. The molecule has 7 nitrogen and oxygen atoms in total. The Labute approximate surface area is 129 Å². The Balaban J connectivity index is 1.87. The van der Waals surface area contributed by atoms with Crippen molar-refractivity contribution in [3.05, 3.63) is 11.2 Å². The highest BCUT2D eigenvalue weighted by molar-refractivity contribution is 7.89. The summed E-state index contributed by atoms with van der Waals surface area (Å²) in [4.78, 5) is 2.17. The normalized spacial score (nSPS) is 28.5. The van der Waals surface area contributed by atoms with Gasteiger partial charge in [-0.1, -0.05) is 11.6 Å². The molecule has 0 saturated carbocycles. The van der Waals surface area contributed by atoms with Gasteiger partial charge in [-0.3, -0.25) is 9.58 Å². The minimum atomic E-state index is -3.63. The number of morpholine rings is 1. The standard InChI is InChI=1S/C12H19ClN4O3S/c1-15-5-6-20-11-3-4-17(8-10(11)15)21(18,19)12-9(13)7-14-16(12)2/h7,10-11H,3-6,8H2,1-2H3/t10-,11-/m0/s1. The Morgan fingerprint density at radius 1 is 1.38 bits per heavy atom. The largest absolute Gasteiger partial charge is 0.375 e. The monoisotopic (exact) mass is 334 g/mol. The van der Waals surface area contributed by atoms with Crippen molar-refractivity contribution >= 4 is 21.6 Å². The van der Waals surface area contributed by atoms with Gasteiger partial charge in [0.2, 0.25) is 0 Å². The summed E-state index contributed by atoms with van der Waals surface area (Å²) in [6.45, 7) is 2.39. The SMILES string of the molecule is CN1CCO[C@H]2CCN(S(=O)(=O)c3c(Cl)cnn3C)C[C@@H]21. The number of ether oxygens (including phenoxy) is 1. The Morgan fingerprint density at radius 3 is 2.81 bits per heavy atom. The lowest BCUT2D eigenvalue weighted by molar-refractivity contribution is -0.0840. The van der Waals surface area contributed by atoms with Crippen molar-refractivity contribution < 1.29 is 13.2 Å². The molecule has 2 aliphatic heterocycles. The first-order valence-corrected chi connectivity index (χ1v) is 8.72. The molecule has 0 bridgehead atoms. The van der Waals surface area contributed by atoms with Crippen LogP contribution in [0.15, 0.2) is 11.2 Å². The molecule has 0 N–H and O–H groups in total. The molecule has 9 heteroatoms. The third-order valence-corrected chi connectivity index (χ3v) is 6.62. The zero-order chi connectivity index (χ0) is 15.2. The first kappa shape index (κ1) is 15.2. The number of likely N-dealkylation sites (N-methyl/N-ethyl adjacent to an activating group) is 1. The van der Waals surface area contributed by atoms with E-state index in [4.69, 9.17) is 16.3 Å². The van der Waals surface area contributed by atoms with E-state index < -0.39 is 10.0 Å². The van der Waals surface area contributed by atoms with Crippen LogP contribution in [-0.4, -0.2) is 72.8 Å². The van der Waals surface area contributed by atoms with Gasteiger partial charge < -0.3 is 4.74 Å². The minimum absolute atomic E-state index is 0.0574. The van der Waals surface area contributed by atoms with Crippen LogP contribution in [0.2, 0.25) is 5.02 Å². The third kappa shape index (κ3) is 2.59. The van der Waals surface area contributed by atoms with Crippen LogP contribution in [0, 0.1) is 0 Å². The molecule has 3 heterocycles. The lowest BCUT2D eigenvalue weighted by Gasteiger charge is -2.45. The Bertz CT molecular complexity index is 613. The van der Waals surface area contributed by atoms with Crippen molar-refractivity contribution in [3.63, 3.8) is 0 Å². The van der Waals surface area contributed by atoms with Crippen LogP contribution in [0.3, 0.4) is 0 Å². The van der Waals surface area contributed by atoms with Crippen molar-refractivity contribution in [2.45, 2.75) is 23.6 Å². The molecule has 2 atom stereocenters. The Hall–Kier alpha value is -0.670. The van der Waals surface area contributed by atoms with Crippen molar-refractivity contribution in [1.82, 2.24) is 19.0 Å². The molecular weight excluding hydrogens is 316 g/mol. The number of halogens is 1. The summed E-state index contributed by atoms with van der Waals surface area (Å²) >= 11 is 5.99. The fourth-order valence-corrected chi connectivity index (χ4v) is 5.12. The van der Waals surface area contributed by atoms with Crippen LogP contribution in [-0.2, 0) is 21.8 Å². The number of aryl methyl sites for hydroxylation is 1. The molecule has 0 spiro atoms. The molecule has 0 amide bonds. The zero-order valence-electron chi connectivity index (χ0n) is 12.1. The number of rotatable bonds is 2. The molecule has 3 rings (SSSR count). The van der Waals surface area contributed by atoms with Crippen molar-refractivity contribution in [1.29, 1.82) is 0 Å². The van der Waals surface area contributed by atoms with Crippen LogP contribution in [0.5, 0.6) is 0 Å². The smallest absolute Gasteiger partial charge is 0.261 e. The van der Waals surface area contributed by atoms with Gasteiger partial charge in [0.1, 0.15) is 0 Å². The van der Waals surface area contributed by atoms with Gasteiger partial charge in [0.15, 0.2) is 5.03 Å². The second kappa shape index (κ2) is 5.51. The number of nitrogens with zero attached hydrogens (tertiary/aromatic N) is 4. The highest BCUT2D eigenvalue weighted by Gasteiger charge is 2.41. The maximum absolute atomic E-state index is 12.8. The van der Waals surface area contributed by atoms with Gasteiger partial charge in [0, 0.05) is 32.7 Å². The van der Waals surface area contributed by atoms with Crippen LogP contribution < -0.4 is 0 Å². The maximum Gasteiger partial charge on any atom is 0.261 e. The number of hydrogen-bond acceptors (Lipinski definition) is 5. The van der Waals surface area contributed by atoms with Gasteiger partial charge in [0.25, 0.3) is 10.0 Å². The molecular formula is C12H19ClN4O3S. The van der Waals surface area contributed by atoms with Gasteiger partial charge in [-0.2, -0.15) is 9.40 Å². The third-order valence-electron chi connectivity index (χ3n) is 4.25. The molecule has 0 radical (unpaired) electrons. The number of sulfonamides is 1. The van der Waals surface area contributed by atoms with Crippen molar-refractivity contribution in [3.8, 4) is 0 Å². The van der Waals surface area contributed by atoms with E-state index in [9.17, 15) is 8.42 Å². The maximum atomic E-state index is 12.8. The molecule has 1 aromatic heterocycles. The predicted molar refractivity (Wildman–Crippen MR) is 77.8 cm³/mol. The van der Waals surface area contributed by atoms with E-state index in [1.165, 1.54) is 15.2 Å². The summed E-state index contributed by atoms with van der Waals surface area (Å²) in [7, 11) is -0.0424. The summed E-state index contributed by atoms with van der Waals surface area (Å²) in [5, 5.41) is 4.13. The van der Waals surface area contributed by atoms with Crippen LogP contribution in [0.1, 0.15) is 6.42 Å². The van der Waals surface area contributed by atoms with Crippen LogP contribution >= 0.6 is 11.6 Å². The Kier molecular flexibility index (Phi) is 4.00. The summed E-state index contributed by atoms with van der Waals surface area (Å²) in [6, 6.07) is 0.0919. The average Bonchev–Trinajstić information content (AvgIpc) is 2.79. The van der Waals surface area contributed by atoms with Crippen LogP contribution in [0.4, 0.5) is 0 Å². The lowest BCUT2D eigenvalue weighted by atomic mass is 10.0. The second-order valence-electron chi connectivity index (χ2n) is 5.53. The van der Waals surface area contributed by atoms with Gasteiger partial charge >= 0.3 is 0 Å². The van der Waals surface area contributed by atoms with E-state index in [1.54, 1.807) is 7.05 Å². The molecule has 2 aliphatic rings. The van der Waals surface area contributed by atoms with Crippen molar-refractivity contribution in [2.24, 2.45) is 7.05 Å². The fourth-order valence-electron chi connectivity index (χ4n) is 3.04. The van der Waals surface area contributed by atoms with E-state index in [-0.39, 0.29) is 22.2 Å². The van der Waals surface area contributed by atoms with E-state index in [0.29, 0.717) is 26.1 Å². The quantitative estimate of drug-likeness (QED) is 0.771. The predicted octanol–water partition coefficient (Wildman–Crippen LogP) is 0.167. The molecule has 1 aromatic rings. The fraction of sp³-hybridized carbons (Fsp3) is 0.750.